The maximum atomic E-state index is 12.6. The van der Waals surface area contributed by atoms with E-state index in [1.165, 1.54) is 0 Å². The maximum absolute atomic E-state index is 12.6. The Morgan fingerprint density at radius 1 is 1.20 bits per heavy atom. The Morgan fingerprint density at radius 2 is 1.92 bits per heavy atom. The predicted molar refractivity (Wildman–Crippen MR) is 98.2 cm³/mol. The summed E-state index contributed by atoms with van der Waals surface area (Å²) >= 11 is 0. The van der Waals surface area contributed by atoms with Crippen LogP contribution in [0.2, 0.25) is 0 Å². The van der Waals surface area contributed by atoms with Gasteiger partial charge in [-0.25, -0.2) is 0 Å². The van der Waals surface area contributed by atoms with Gasteiger partial charge in [0.25, 0.3) is 0 Å². The quantitative estimate of drug-likeness (QED) is 0.875. The summed E-state index contributed by atoms with van der Waals surface area (Å²) in [7, 11) is 5.41. The summed E-state index contributed by atoms with van der Waals surface area (Å²) in [6.45, 7) is 2.67. The minimum absolute atomic E-state index is 0.0720. The van der Waals surface area contributed by atoms with Crippen LogP contribution in [-0.2, 0) is 9.53 Å². The third-order valence-corrected chi connectivity index (χ3v) is 5.41. The molecule has 6 heteroatoms. The van der Waals surface area contributed by atoms with E-state index in [1.54, 1.807) is 14.2 Å². The van der Waals surface area contributed by atoms with Crippen LogP contribution in [0.1, 0.15) is 19.3 Å². The smallest absolute Gasteiger partial charge is 0.237 e. The number of ether oxygens (including phenoxy) is 2. The highest BCUT2D eigenvalue weighted by Crippen LogP contribution is 2.30. The van der Waals surface area contributed by atoms with Crippen molar-refractivity contribution in [2.45, 2.75) is 37.5 Å². The van der Waals surface area contributed by atoms with Crippen molar-refractivity contribution in [3.05, 3.63) is 24.3 Å². The van der Waals surface area contributed by atoms with Gasteiger partial charge in [0.15, 0.2) is 0 Å². The van der Waals surface area contributed by atoms with Crippen LogP contribution < -0.4 is 15.0 Å². The molecule has 0 aromatic heterocycles. The molecular weight excluding hydrogens is 318 g/mol. The summed E-state index contributed by atoms with van der Waals surface area (Å²) in [5.41, 5.74) is 1.13. The van der Waals surface area contributed by atoms with Gasteiger partial charge in [0.05, 0.1) is 24.9 Å². The summed E-state index contributed by atoms with van der Waals surface area (Å²) in [6, 6.07) is 8.28. The van der Waals surface area contributed by atoms with Crippen molar-refractivity contribution in [2.75, 3.05) is 45.8 Å². The molecule has 2 aliphatic rings. The third kappa shape index (κ3) is 4.07. The van der Waals surface area contributed by atoms with E-state index in [2.05, 4.69) is 21.2 Å². The van der Waals surface area contributed by atoms with Gasteiger partial charge in [-0.2, -0.15) is 0 Å². The Morgan fingerprint density at radius 3 is 2.56 bits per heavy atom. The molecule has 138 valence electrons. The van der Waals surface area contributed by atoms with Crippen molar-refractivity contribution in [1.82, 2.24) is 10.2 Å². The Hall–Kier alpha value is -1.79. The average Bonchev–Trinajstić information content (AvgIpc) is 3.03. The predicted octanol–water partition coefficient (Wildman–Crippen LogP) is 1.50. The normalized spacial score (nSPS) is 25.2. The van der Waals surface area contributed by atoms with E-state index in [0.29, 0.717) is 0 Å². The Labute approximate surface area is 150 Å². The molecule has 6 nitrogen and oxygen atoms in total. The second-order valence-electron chi connectivity index (χ2n) is 6.99. The highest BCUT2D eigenvalue weighted by molar-refractivity contribution is 5.82. The lowest BCUT2D eigenvalue weighted by molar-refractivity contribution is -0.126. The van der Waals surface area contributed by atoms with Crippen molar-refractivity contribution in [3.63, 3.8) is 0 Å². The maximum Gasteiger partial charge on any atom is 0.237 e. The number of benzene rings is 1. The van der Waals surface area contributed by atoms with Crippen molar-refractivity contribution >= 4 is 11.6 Å². The number of carbonyl (C=O) groups is 1. The molecule has 0 radical (unpaired) electrons. The van der Waals surface area contributed by atoms with Crippen LogP contribution in [-0.4, -0.2) is 69.9 Å². The van der Waals surface area contributed by atoms with Crippen molar-refractivity contribution in [3.8, 4) is 5.75 Å². The first-order valence-electron chi connectivity index (χ1n) is 9.03. The van der Waals surface area contributed by atoms with Crippen LogP contribution in [0.15, 0.2) is 24.3 Å². The second-order valence-corrected chi connectivity index (χ2v) is 6.99. The number of anilines is 1. The molecule has 3 rings (SSSR count). The molecule has 1 aromatic rings. The van der Waals surface area contributed by atoms with Crippen LogP contribution in [0.5, 0.6) is 5.75 Å². The molecule has 2 heterocycles. The number of hydrogen-bond acceptors (Lipinski definition) is 5. The average molecular weight is 347 g/mol. The van der Waals surface area contributed by atoms with Crippen molar-refractivity contribution < 1.29 is 14.3 Å². The van der Waals surface area contributed by atoms with Gasteiger partial charge in [-0.3, -0.25) is 9.69 Å². The summed E-state index contributed by atoms with van der Waals surface area (Å²) in [5, 5.41) is 3.24. The zero-order valence-corrected chi connectivity index (χ0v) is 15.4. The number of piperidine rings is 1. The molecule has 1 aromatic carbocycles. The van der Waals surface area contributed by atoms with E-state index in [4.69, 9.17) is 9.47 Å². The summed E-state index contributed by atoms with van der Waals surface area (Å²) in [6.07, 6.45) is 2.84. The largest absolute Gasteiger partial charge is 0.495 e. The molecule has 0 saturated carbocycles. The van der Waals surface area contributed by atoms with Gasteiger partial charge in [-0.1, -0.05) is 12.1 Å². The lowest BCUT2D eigenvalue weighted by atomic mass is 10.0. The number of likely N-dealkylation sites (tertiary alicyclic amines) is 1. The molecule has 1 N–H and O–H groups in total. The zero-order valence-electron chi connectivity index (χ0n) is 15.4. The van der Waals surface area contributed by atoms with Gasteiger partial charge in [0.1, 0.15) is 5.75 Å². The standard InChI is InChI=1S/C19H29N3O3/c1-21-13-15(24-2)12-17(21)19(23)20-14-8-10-22(11-9-14)16-6-4-5-7-18(16)25-3/h4-7,14-15,17H,8-13H2,1-3H3,(H,20,23)/t15-,17-/m0/s1. The van der Waals surface area contributed by atoms with E-state index >= 15 is 0 Å². The zero-order chi connectivity index (χ0) is 17.8. The van der Waals surface area contributed by atoms with E-state index in [1.807, 2.05) is 25.2 Å². The highest BCUT2D eigenvalue weighted by atomic mass is 16.5. The minimum Gasteiger partial charge on any atom is -0.495 e. The molecule has 0 spiro atoms. The van der Waals surface area contributed by atoms with Crippen molar-refractivity contribution in [1.29, 1.82) is 0 Å². The van der Waals surface area contributed by atoms with Crippen LogP contribution >= 0.6 is 0 Å². The molecule has 2 atom stereocenters. The number of nitrogens with zero attached hydrogens (tertiary/aromatic N) is 2. The van der Waals surface area contributed by atoms with E-state index in [-0.39, 0.29) is 24.1 Å². The van der Waals surface area contributed by atoms with Crippen LogP contribution in [0, 0.1) is 0 Å². The van der Waals surface area contributed by atoms with Crippen LogP contribution in [0.4, 0.5) is 5.69 Å². The number of nitrogens with one attached hydrogen (secondary N) is 1. The number of hydrogen-bond donors (Lipinski definition) is 1. The molecule has 2 fully saturated rings. The molecule has 25 heavy (non-hydrogen) atoms. The number of carbonyl (C=O) groups excluding carboxylic acids is 1. The van der Waals surface area contributed by atoms with Gasteiger partial charge in [0, 0.05) is 32.8 Å². The number of para-hydroxylation sites is 2. The molecular formula is C19H29N3O3. The highest BCUT2D eigenvalue weighted by Gasteiger charge is 2.35. The van der Waals surface area contributed by atoms with Gasteiger partial charge in [-0.05, 0) is 38.4 Å². The SMILES string of the molecule is COc1ccccc1N1CCC(NC(=O)[C@@H]2C[C@H](OC)CN2C)CC1. The van der Waals surface area contributed by atoms with Crippen LogP contribution in [0.3, 0.4) is 0 Å². The molecule has 0 bridgehead atoms. The van der Waals surface area contributed by atoms with Crippen LogP contribution in [0.25, 0.3) is 0 Å². The second kappa shape index (κ2) is 8.06. The lowest BCUT2D eigenvalue weighted by Crippen LogP contribution is -2.49. The Kier molecular flexibility index (Phi) is 5.81. The Bertz CT molecular complexity index is 587. The lowest BCUT2D eigenvalue weighted by Gasteiger charge is -2.35. The summed E-state index contributed by atoms with van der Waals surface area (Å²) in [5.74, 6) is 1.04. The van der Waals surface area contributed by atoms with Gasteiger partial charge >= 0.3 is 0 Å². The number of methoxy groups -OCH3 is 2. The molecule has 0 aliphatic carbocycles. The minimum atomic E-state index is -0.0720. The summed E-state index contributed by atoms with van der Waals surface area (Å²) in [4.78, 5) is 17.0. The fraction of sp³-hybridized carbons (Fsp3) is 0.632. The molecule has 1 amide bonds. The summed E-state index contributed by atoms with van der Waals surface area (Å²) < 4.78 is 10.9. The van der Waals surface area contributed by atoms with E-state index in [0.717, 1.165) is 50.3 Å². The first kappa shape index (κ1) is 18.0. The topological polar surface area (TPSA) is 54.0 Å². The number of rotatable bonds is 5. The monoisotopic (exact) mass is 347 g/mol. The number of likely N-dealkylation sites (N-methyl/N-ethyl adjacent to an activating group) is 1. The van der Waals surface area contributed by atoms with Crippen molar-refractivity contribution in [2.24, 2.45) is 0 Å². The van der Waals surface area contributed by atoms with E-state index < -0.39 is 0 Å². The fourth-order valence-corrected chi connectivity index (χ4v) is 3.88. The Balaban J connectivity index is 1.52. The molecule has 0 unspecified atom stereocenters. The van der Waals surface area contributed by atoms with Gasteiger partial charge in [0.2, 0.25) is 5.91 Å². The third-order valence-electron chi connectivity index (χ3n) is 5.41. The van der Waals surface area contributed by atoms with Gasteiger partial charge < -0.3 is 19.7 Å². The molecule has 2 saturated heterocycles. The van der Waals surface area contributed by atoms with Gasteiger partial charge in [-0.15, -0.1) is 0 Å². The first-order chi connectivity index (χ1) is 12.1. The number of amides is 1. The van der Waals surface area contributed by atoms with E-state index in [9.17, 15) is 4.79 Å². The first-order valence-corrected chi connectivity index (χ1v) is 9.03. The molecule has 2 aliphatic heterocycles. The fourth-order valence-electron chi connectivity index (χ4n) is 3.88.